The standard InChI is InChI=1S/C54H86O26/c1-20(13-30(59)22(3)27-9-10-28-26-8-7-24-14-25(73-49-43(68)39(64)36(61)31(16-55)74-49)15-35(60)54(24,6)29(26)11-12-53(27,28)5)21(2)48(71)80-52-47(41(66)38(63)34(77-52)19-72-23(4)58)79-51-45(70)42(67)46(33(18-57)76-51)78-50-44(69)40(65)37(62)32(17-56)75-50/h7,22,25-47,49-52,55-57,59-70H,8-19H2,1-6H3/b21-20-. The molecule has 4 aliphatic carbocycles. The van der Waals surface area contributed by atoms with Gasteiger partial charge in [-0.25, -0.2) is 4.79 Å². The van der Waals surface area contributed by atoms with Crippen molar-refractivity contribution in [1.29, 1.82) is 0 Å². The third-order valence-corrected chi connectivity index (χ3v) is 19.7. The molecule has 15 N–H and O–H groups in total. The van der Waals surface area contributed by atoms with Crippen LogP contribution < -0.4 is 0 Å². The van der Waals surface area contributed by atoms with E-state index in [-0.39, 0.29) is 53.4 Å². The first kappa shape index (κ1) is 63.6. The summed E-state index contributed by atoms with van der Waals surface area (Å²) in [5.41, 5.74) is 0.850. The molecule has 8 rings (SSSR count). The predicted octanol–water partition coefficient (Wildman–Crippen LogP) is -3.99. The smallest absolute Gasteiger partial charge is 0.336 e. The van der Waals surface area contributed by atoms with E-state index in [1.54, 1.807) is 6.92 Å². The second-order valence-electron chi connectivity index (χ2n) is 24.1. The van der Waals surface area contributed by atoms with Gasteiger partial charge in [0.25, 0.3) is 0 Å². The highest BCUT2D eigenvalue weighted by atomic mass is 16.8. The summed E-state index contributed by atoms with van der Waals surface area (Å²) in [5, 5.41) is 161. The molecule has 30 unspecified atom stereocenters. The molecular weight excluding hydrogens is 1060 g/mol. The average molecular weight is 1150 g/mol. The number of allylic oxidation sites excluding steroid dienone is 1. The first-order chi connectivity index (χ1) is 37.7. The SMILES string of the molecule is CC(=O)OCC1OC(OC(=O)/C(C)=C(/C)CC(O)C(C)C2CCC3C4CC=C5CC(OC6OC(CO)C(O)C(O)C6O)CC(O)C5(C)C4CCC23C)C(OC2OC(CO)C(OC3OC(CO)C(O)C(O)C3O)C(O)C2O)C(O)C1O. The van der Waals surface area contributed by atoms with Crippen LogP contribution in [0.15, 0.2) is 22.8 Å². The summed E-state index contributed by atoms with van der Waals surface area (Å²) in [6.45, 7) is 7.70. The van der Waals surface area contributed by atoms with E-state index in [4.69, 9.17) is 42.6 Å². The summed E-state index contributed by atoms with van der Waals surface area (Å²) in [6, 6.07) is 0. The number of esters is 2. The number of hydrogen-bond acceptors (Lipinski definition) is 26. The van der Waals surface area contributed by atoms with Crippen LogP contribution in [0.3, 0.4) is 0 Å². The summed E-state index contributed by atoms with van der Waals surface area (Å²) in [5.74, 6) is -1.20. The number of aliphatic hydroxyl groups is 15. The Kier molecular flexibility index (Phi) is 20.4. The minimum Gasteiger partial charge on any atom is -0.463 e. The maximum atomic E-state index is 14.1. The van der Waals surface area contributed by atoms with Crippen molar-refractivity contribution >= 4 is 11.9 Å². The van der Waals surface area contributed by atoms with E-state index in [9.17, 15) is 86.2 Å². The number of aliphatic hydroxyl groups excluding tert-OH is 15. The van der Waals surface area contributed by atoms with Crippen LogP contribution in [-0.2, 0) is 52.2 Å². The van der Waals surface area contributed by atoms with Crippen LogP contribution in [0, 0.1) is 40.4 Å². The summed E-state index contributed by atoms with van der Waals surface area (Å²) in [4.78, 5) is 25.8. The molecule has 4 saturated heterocycles. The number of ether oxygens (including phenoxy) is 9. The second-order valence-corrected chi connectivity index (χ2v) is 24.1. The average Bonchev–Trinajstić information content (AvgIpc) is 3.83. The molecule has 0 radical (unpaired) electrons. The molecule has 80 heavy (non-hydrogen) atoms. The number of hydrogen-bond donors (Lipinski definition) is 15. The predicted molar refractivity (Wildman–Crippen MR) is 268 cm³/mol. The minimum absolute atomic E-state index is 0.0505. The highest BCUT2D eigenvalue weighted by Gasteiger charge is 2.62. The van der Waals surface area contributed by atoms with Crippen molar-refractivity contribution in [3.8, 4) is 0 Å². The van der Waals surface area contributed by atoms with Crippen LogP contribution in [0.4, 0.5) is 0 Å². The lowest BCUT2D eigenvalue weighted by Crippen LogP contribution is -2.66. The highest BCUT2D eigenvalue weighted by molar-refractivity contribution is 5.88. The zero-order valence-electron chi connectivity index (χ0n) is 45.9. The lowest BCUT2D eigenvalue weighted by atomic mass is 9.46. The Morgan fingerprint density at radius 1 is 0.637 bits per heavy atom. The second kappa shape index (κ2) is 25.6. The fraction of sp³-hybridized carbons (Fsp3) is 0.889. The van der Waals surface area contributed by atoms with Gasteiger partial charge in [-0.1, -0.05) is 38.0 Å². The first-order valence-corrected chi connectivity index (χ1v) is 28.0. The molecule has 3 saturated carbocycles. The van der Waals surface area contributed by atoms with Gasteiger partial charge in [-0.05, 0) is 93.8 Å². The molecule has 8 aliphatic rings. The van der Waals surface area contributed by atoms with Crippen molar-refractivity contribution in [2.75, 3.05) is 26.4 Å². The lowest BCUT2D eigenvalue weighted by molar-refractivity contribution is -0.381. The summed E-state index contributed by atoms with van der Waals surface area (Å²) >= 11 is 0. The van der Waals surface area contributed by atoms with Crippen molar-refractivity contribution in [3.63, 3.8) is 0 Å². The summed E-state index contributed by atoms with van der Waals surface area (Å²) < 4.78 is 51.0. The van der Waals surface area contributed by atoms with Gasteiger partial charge < -0.3 is 119 Å². The Bertz CT molecular complexity index is 2180. The van der Waals surface area contributed by atoms with Crippen molar-refractivity contribution in [1.82, 2.24) is 0 Å². The topological polar surface area (TPSA) is 421 Å². The molecule has 26 nitrogen and oxygen atoms in total. The fourth-order valence-electron chi connectivity index (χ4n) is 14.7. The van der Waals surface area contributed by atoms with E-state index in [2.05, 4.69) is 19.9 Å². The van der Waals surface area contributed by atoms with Gasteiger partial charge in [-0.3, -0.25) is 4.79 Å². The quantitative estimate of drug-likeness (QED) is 0.0375. The van der Waals surface area contributed by atoms with E-state index in [1.165, 1.54) is 6.92 Å². The maximum Gasteiger partial charge on any atom is 0.336 e. The Morgan fingerprint density at radius 3 is 1.75 bits per heavy atom. The van der Waals surface area contributed by atoms with E-state index >= 15 is 0 Å². The molecule has 30 atom stereocenters. The van der Waals surface area contributed by atoms with Gasteiger partial charge in [0.1, 0.15) is 98.2 Å². The van der Waals surface area contributed by atoms with Crippen LogP contribution >= 0.6 is 0 Å². The normalized spacial score (nSPS) is 48.8. The largest absolute Gasteiger partial charge is 0.463 e. The van der Waals surface area contributed by atoms with Crippen LogP contribution in [0.1, 0.15) is 92.9 Å². The molecule has 0 aromatic rings. The molecule has 4 heterocycles. The van der Waals surface area contributed by atoms with Crippen molar-refractivity contribution < 1.29 is 129 Å². The zero-order chi connectivity index (χ0) is 58.6. The van der Waals surface area contributed by atoms with Crippen LogP contribution in [-0.4, -0.2) is 256 Å². The molecule has 0 amide bonds. The molecule has 0 aromatic carbocycles. The van der Waals surface area contributed by atoms with Gasteiger partial charge in [0.05, 0.1) is 38.1 Å². The summed E-state index contributed by atoms with van der Waals surface area (Å²) in [6.07, 6.45) is -29.5. The van der Waals surface area contributed by atoms with Crippen molar-refractivity contribution in [2.45, 2.75) is 234 Å². The van der Waals surface area contributed by atoms with Gasteiger partial charge in [0, 0.05) is 24.3 Å². The highest BCUT2D eigenvalue weighted by Crippen LogP contribution is 2.67. The first-order valence-electron chi connectivity index (χ1n) is 28.0. The van der Waals surface area contributed by atoms with Crippen LogP contribution in [0.5, 0.6) is 0 Å². The molecule has 0 aromatic heterocycles. The van der Waals surface area contributed by atoms with Gasteiger partial charge >= 0.3 is 11.9 Å². The molecule has 4 aliphatic heterocycles. The summed E-state index contributed by atoms with van der Waals surface area (Å²) in [7, 11) is 0. The van der Waals surface area contributed by atoms with E-state index in [0.717, 1.165) is 44.6 Å². The van der Waals surface area contributed by atoms with Gasteiger partial charge in [-0.2, -0.15) is 0 Å². The van der Waals surface area contributed by atoms with Gasteiger partial charge in [-0.15, -0.1) is 0 Å². The van der Waals surface area contributed by atoms with E-state index in [0.29, 0.717) is 12.0 Å². The zero-order valence-corrected chi connectivity index (χ0v) is 45.9. The molecule has 0 spiro atoms. The molecule has 0 bridgehead atoms. The van der Waals surface area contributed by atoms with Gasteiger partial charge in [0.15, 0.2) is 25.0 Å². The Balaban J connectivity index is 0.913. The molecule has 458 valence electrons. The Labute approximate surface area is 463 Å². The molecule has 26 heteroatoms. The number of fused-ring (bicyclic) bond motifs is 5. The number of rotatable bonds is 17. The minimum atomic E-state index is -2.10. The van der Waals surface area contributed by atoms with Gasteiger partial charge in [0.2, 0.25) is 6.29 Å². The van der Waals surface area contributed by atoms with Crippen molar-refractivity contribution in [2.24, 2.45) is 40.4 Å². The van der Waals surface area contributed by atoms with Crippen molar-refractivity contribution in [3.05, 3.63) is 22.8 Å². The van der Waals surface area contributed by atoms with E-state index in [1.807, 2.05) is 6.92 Å². The molecular formula is C54H86O26. The monoisotopic (exact) mass is 1150 g/mol. The van der Waals surface area contributed by atoms with Crippen LogP contribution in [0.2, 0.25) is 0 Å². The Morgan fingerprint density at radius 2 is 1.16 bits per heavy atom. The fourth-order valence-corrected chi connectivity index (χ4v) is 14.7. The maximum absolute atomic E-state index is 14.1. The van der Waals surface area contributed by atoms with E-state index < -0.39 is 185 Å². The Hall–Kier alpha value is -2.46. The van der Waals surface area contributed by atoms with Crippen LogP contribution in [0.25, 0.3) is 0 Å². The number of carbonyl (C=O) groups is 2. The number of carbonyl (C=O) groups excluding carboxylic acids is 2. The third-order valence-electron chi connectivity index (χ3n) is 19.7. The lowest BCUT2D eigenvalue weighted by Gasteiger charge is -2.60. The third kappa shape index (κ3) is 12.1. The molecule has 7 fully saturated rings.